The van der Waals surface area contributed by atoms with E-state index >= 15 is 0 Å². The van der Waals surface area contributed by atoms with Gasteiger partial charge in [-0.25, -0.2) is 0 Å². The van der Waals surface area contributed by atoms with Gasteiger partial charge in [0.15, 0.2) is 0 Å². The lowest BCUT2D eigenvalue weighted by Gasteiger charge is -2.28. The zero-order chi connectivity index (χ0) is 20.5. The molecule has 5 nitrogen and oxygen atoms in total. The van der Waals surface area contributed by atoms with Gasteiger partial charge in [0.1, 0.15) is 0 Å². The maximum Gasteiger partial charge on any atom is 0.417 e. The summed E-state index contributed by atoms with van der Waals surface area (Å²) in [5, 5.41) is 5.51. The van der Waals surface area contributed by atoms with Crippen molar-refractivity contribution in [3.63, 3.8) is 0 Å². The van der Waals surface area contributed by atoms with Crippen molar-refractivity contribution in [1.29, 1.82) is 0 Å². The van der Waals surface area contributed by atoms with Crippen LogP contribution in [0.5, 0.6) is 0 Å². The molecule has 1 atom stereocenters. The molecule has 1 aliphatic heterocycles. The van der Waals surface area contributed by atoms with Crippen molar-refractivity contribution in [1.82, 2.24) is 0 Å². The first-order valence-electron chi connectivity index (χ1n) is 8.48. The molecule has 9 heteroatoms. The number of hydrogen-bond acceptors (Lipinski definition) is 3. The molecule has 0 unspecified atom stereocenters. The van der Waals surface area contributed by atoms with Crippen molar-refractivity contribution in [2.45, 2.75) is 25.6 Å². The van der Waals surface area contributed by atoms with Crippen LogP contribution in [-0.2, 0) is 15.8 Å². The molecule has 148 valence electrons. The van der Waals surface area contributed by atoms with Crippen molar-refractivity contribution in [3.05, 3.63) is 52.5 Å². The Balaban J connectivity index is 1.81. The summed E-state index contributed by atoms with van der Waals surface area (Å²) in [5.74, 6) is -0.557. The van der Waals surface area contributed by atoms with E-state index in [0.717, 1.165) is 6.07 Å². The van der Waals surface area contributed by atoms with E-state index in [4.69, 9.17) is 0 Å². The number of benzene rings is 2. The van der Waals surface area contributed by atoms with Crippen LogP contribution in [0.15, 0.2) is 46.9 Å². The average Bonchev–Trinajstić information content (AvgIpc) is 2.74. The first-order valence-corrected chi connectivity index (χ1v) is 9.27. The normalized spacial score (nSPS) is 16.8. The molecule has 2 N–H and O–H groups in total. The van der Waals surface area contributed by atoms with E-state index in [2.05, 4.69) is 26.6 Å². The van der Waals surface area contributed by atoms with Crippen molar-refractivity contribution < 1.29 is 22.8 Å². The van der Waals surface area contributed by atoms with Crippen LogP contribution in [0.2, 0.25) is 0 Å². The molecule has 0 bridgehead atoms. The van der Waals surface area contributed by atoms with Gasteiger partial charge >= 0.3 is 6.18 Å². The van der Waals surface area contributed by atoms with Gasteiger partial charge in [0.05, 0.1) is 23.5 Å². The third-order valence-corrected chi connectivity index (χ3v) is 5.03. The Bertz CT molecular complexity index is 918. The fourth-order valence-corrected chi connectivity index (χ4v) is 3.55. The highest BCUT2D eigenvalue weighted by atomic mass is 79.9. The lowest BCUT2D eigenvalue weighted by atomic mass is 10.1. The zero-order valence-corrected chi connectivity index (χ0v) is 16.4. The topological polar surface area (TPSA) is 61.4 Å². The Labute approximate surface area is 168 Å². The van der Waals surface area contributed by atoms with E-state index in [0.29, 0.717) is 11.4 Å². The Morgan fingerprint density at radius 1 is 1.29 bits per heavy atom. The van der Waals surface area contributed by atoms with Gasteiger partial charge in [0.25, 0.3) is 0 Å². The summed E-state index contributed by atoms with van der Waals surface area (Å²) < 4.78 is 39.1. The minimum absolute atomic E-state index is 0.0727. The summed E-state index contributed by atoms with van der Waals surface area (Å²) in [4.78, 5) is 26.3. The van der Waals surface area contributed by atoms with Crippen LogP contribution < -0.4 is 15.5 Å². The second-order valence-corrected chi connectivity index (χ2v) is 7.28. The summed E-state index contributed by atoms with van der Waals surface area (Å²) in [6, 6.07) is 10.2. The van der Waals surface area contributed by atoms with Crippen molar-refractivity contribution in [2.24, 2.45) is 0 Å². The number of carbonyl (C=O) groups excluding carboxylic acids is 2. The number of halogens is 4. The van der Waals surface area contributed by atoms with E-state index in [1.54, 1.807) is 31.2 Å². The number of alkyl halides is 3. The van der Waals surface area contributed by atoms with Crippen LogP contribution in [0, 0.1) is 0 Å². The van der Waals surface area contributed by atoms with Gasteiger partial charge in [-0.15, -0.1) is 0 Å². The van der Waals surface area contributed by atoms with E-state index in [1.165, 1.54) is 17.0 Å². The third-order valence-electron chi connectivity index (χ3n) is 4.34. The van der Waals surface area contributed by atoms with Crippen molar-refractivity contribution in [3.8, 4) is 0 Å². The molecule has 2 aromatic carbocycles. The van der Waals surface area contributed by atoms with Crippen LogP contribution >= 0.6 is 15.9 Å². The Hall–Kier alpha value is -2.55. The van der Waals surface area contributed by atoms with Crippen LogP contribution in [0.4, 0.5) is 30.2 Å². The average molecular weight is 456 g/mol. The molecule has 0 spiro atoms. The summed E-state index contributed by atoms with van der Waals surface area (Å²) in [6.45, 7) is 1.53. The number of nitrogens with one attached hydrogen (secondary N) is 2. The van der Waals surface area contributed by atoms with Crippen molar-refractivity contribution >= 4 is 44.8 Å². The molecule has 0 saturated heterocycles. The fourth-order valence-electron chi connectivity index (χ4n) is 3.08. The number of hydrogen-bond donors (Lipinski definition) is 2. The number of amides is 2. The van der Waals surface area contributed by atoms with E-state index in [1.807, 2.05) is 0 Å². The molecule has 0 aliphatic carbocycles. The highest BCUT2D eigenvalue weighted by Gasteiger charge is 2.33. The molecule has 0 fully saturated rings. The van der Waals surface area contributed by atoms with Gasteiger partial charge in [-0.2, -0.15) is 13.2 Å². The Kier molecular flexibility index (Phi) is 5.64. The lowest BCUT2D eigenvalue weighted by molar-refractivity contribution is -0.138. The highest BCUT2D eigenvalue weighted by Crippen LogP contribution is 2.36. The molecule has 2 aromatic rings. The maximum atomic E-state index is 13.0. The van der Waals surface area contributed by atoms with Crippen molar-refractivity contribution in [2.75, 3.05) is 22.1 Å². The summed E-state index contributed by atoms with van der Waals surface area (Å²) in [6.07, 6.45) is -4.39. The number of nitrogens with zero attached hydrogens (tertiary/aromatic N) is 1. The van der Waals surface area contributed by atoms with Gasteiger partial charge in [-0.3, -0.25) is 9.59 Å². The predicted octanol–water partition coefficient (Wildman–Crippen LogP) is 4.64. The van der Waals surface area contributed by atoms with Gasteiger partial charge < -0.3 is 15.5 Å². The molecule has 2 amide bonds. The molecule has 0 radical (unpaired) electrons. The molecular weight excluding hydrogens is 439 g/mol. The molecule has 0 saturated carbocycles. The second kappa shape index (κ2) is 7.83. The van der Waals surface area contributed by atoms with E-state index in [-0.39, 0.29) is 34.9 Å². The second-order valence-electron chi connectivity index (χ2n) is 6.43. The molecule has 28 heavy (non-hydrogen) atoms. The largest absolute Gasteiger partial charge is 0.417 e. The number of rotatable bonds is 3. The number of fused-ring (bicyclic) bond motifs is 1. The number of anilines is 3. The Morgan fingerprint density at radius 2 is 2.00 bits per heavy atom. The maximum absolute atomic E-state index is 13.0. The molecule has 1 heterocycles. The molecule has 3 rings (SSSR count). The predicted molar refractivity (Wildman–Crippen MR) is 104 cm³/mol. The first-order chi connectivity index (χ1) is 13.2. The minimum Gasteiger partial charge on any atom is -0.376 e. The van der Waals surface area contributed by atoms with E-state index in [9.17, 15) is 22.8 Å². The van der Waals surface area contributed by atoms with E-state index < -0.39 is 17.8 Å². The summed E-state index contributed by atoms with van der Waals surface area (Å²) in [7, 11) is 0. The molecule has 1 aliphatic rings. The third kappa shape index (κ3) is 4.30. The fraction of sp³-hybridized carbons (Fsp3) is 0.263. The minimum atomic E-state index is -4.51. The molecular formula is C19H17BrF3N3O2. The lowest BCUT2D eigenvalue weighted by Crippen LogP contribution is -2.42. The smallest absolute Gasteiger partial charge is 0.376 e. The number of carbonyl (C=O) groups is 2. The number of para-hydroxylation sites is 2. The van der Waals surface area contributed by atoms with Crippen LogP contribution in [0.3, 0.4) is 0 Å². The van der Waals surface area contributed by atoms with Gasteiger partial charge in [-0.1, -0.05) is 28.1 Å². The van der Waals surface area contributed by atoms with Crippen LogP contribution in [0.25, 0.3) is 0 Å². The SMILES string of the molecule is C[C@H]1CC(=O)Nc2ccccc2N1C(=O)CNc1ccc(Br)c(C(F)(F)F)c1. The summed E-state index contributed by atoms with van der Waals surface area (Å²) >= 11 is 2.89. The Morgan fingerprint density at radius 3 is 2.71 bits per heavy atom. The first kappa shape index (κ1) is 20.2. The van der Waals surface area contributed by atoms with Crippen LogP contribution in [-0.4, -0.2) is 24.4 Å². The van der Waals surface area contributed by atoms with Crippen LogP contribution in [0.1, 0.15) is 18.9 Å². The van der Waals surface area contributed by atoms with Gasteiger partial charge in [-0.05, 0) is 37.3 Å². The highest BCUT2D eigenvalue weighted by molar-refractivity contribution is 9.10. The summed E-state index contributed by atoms with van der Waals surface area (Å²) in [5.41, 5.74) is 0.426. The monoisotopic (exact) mass is 455 g/mol. The van der Waals surface area contributed by atoms with Gasteiger partial charge in [0, 0.05) is 22.6 Å². The van der Waals surface area contributed by atoms with Gasteiger partial charge in [0.2, 0.25) is 11.8 Å². The molecule has 0 aromatic heterocycles. The standard InChI is InChI=1S/C19H17BrF3N3O2/c1-11-8-17(27)25-15-4-2-3-5-16(15)26(11)18(28)10-24-12-6-7-14(20)13(9-12)19(21,22)23/h2-7,9,11,24H,8,10H2,1H3,(H,25,27)/t11-/m0/s1. The quantitative estimate of drug-likeness (QED) is 0.708. The zero-order valence-electron chi connectivity index (χ0n) is 14.8.